The Morgan fingerprint density at radius 1 is 1.06 bits per heavy atom. The summed E-state index contributed by atoms with van der Waals surface area (Å²) >= 11 is 5.87. The van der Waals surface area contributed by atoms with Crippen LogP contribution in [0.15, 0.2) is 48.5 Å². The first kappa shape index (κ1) is 13.1. The van der Waals surface area contributed by atoms with E-state index >= 15 is 0 Å². The SMILES string of the molecule is Cc1ccccc1[C@@H](C)NCc1ccc(Cl)cc1. The second-order valence-corrected chi connectivity index (χ2v) is 5.02. The largest absolute Gasteiger partial charge is 0.306 e. The Bertz CT molecular complexity index is 505. The average Bonchev–Trinajstić information content (AvgIpc) is 2.38. The minimum absolute atomic E-state index is 0.349. The molecule has 0 saturated carbocycles. The molecule has 0 bridgehead atoms. The first-order valence-electron chi connectivity index (χ1n) is 6.20. The minimum atomic E-state index is 0.349. The molecule has 0 unspecified atom stereocenters. The van der Waals surface area contributed by atoms with Gasteiger partial charge in [-0.25, -0.2) is 0 Å². The van der Waals surface area contributed by atoms with Crippen LogP contribution in [-0.4, -0.2) is 0 Å². The van der Waals surface area contributed by atoms with Crippen molar-refractivity contribution < 1.29 is 0 Å². The topological polar surface area (TPSA) is 12.0 Å². The monoisotopic (exact) mass is 259 g/mol. The molecule has 2 heteroatoms. The summed E-state index contributed by atoms with van der Waals surface area (Å²) in [5.41, 5.74) is 3.93. The second kappa shape index (κ2) is 6.03. The van der Waals surface area contributed by atoms with Crippen molar-refractivity contribution in [3.63, 3.8) is 0 Å². The van der Waals surface area contributed by atoms with E-state index < -0.39 is 0 Å². The van der Waals surface area contributed by atoms with Crippen LogP contribution < -0.4 is 5.32 Å². The number of hydrogen-bond donors (Lipinski definition) is 1. The number of nitrogens with one attached hydrogen (secondary N) is 1. The first-order valence-corrected chi connectivity index (χ1v) is 6.58. The maximum absolute atomic E-state index is 5.87. The third kappa shape index (κ3) is 3.34. The summed E-state index contributed by atoms with van der Waals surface area (Å²) in [6.45, 7) is 5.20. The Kier molecular flexibility index (Phi) is 4.40. The van der Waals surface area contributed by atoms with Crippen molar-refractivity contribution in [2.24, 2.45) is 0 Å². The first-order chi connectivity index (χ1) is 8.66. The molecule has 2 aromatic rings. The van der Waals surface area contributed by atoms with E-state index in [0.717, 1.165) is 11.6 Å². The molecule has 18 heavy (non-hydrogen) atoms. The third-order valence-corrected chi connectivity index (χ3v) is 3.43. The molecule has 2 aromatic carbocycles. The highest BCUT2D eigenvalue weighted by atomic mass is 35.5. The molecule has 0 fully saturated rings. The Morgan fingerprint density at radius 2 is 1.72 bits per heavy atom. The van der Waals surface area contributed by atoms with E-state index in [4.69, 9.17) is 11.6 Å². The summed E-state index contributed by atoms with van der Waals surface area (Å²) in [6.07, 6.45) is 0. The van der Waals surface area contributed by atoms with Gasteiger partial charge in [-0.3, -0.25) is 0 Å². The van der Waals surface area contributed by atoms with Gasteiger partial charge >= 0.3 is 0 Å². The predicted octanol–water partition coefficient (Wildman–Crippen LogP) is 4.50. The smallest absolute Gasteiger partial charge is 0.0406 e. The van der Waals surface area contributed by atoms with E-state index in [0.29, 0.717) is 6.04 Å². The fourth-order valence-corrected chi connectivity index (χ4v) is 2.18. The van der Waals surface area contributed by atoms with Crippen LogP contribution in [0.2, 0.25) is 5.02 Å². The van der Waals surface area contributed by atoms with Crippen molar-refractivity contribution in [3.8, 4) is 0 Å². The molecule has 1 atom stereocenters. The van der Waals surface area contributed by atoms with Crippen molar-refractivity contribution in [1.82, 2.24) is 5.32 Å². The fraction of sp³-hybridized carbons (Fsp3) is 0.250. The van der Waals surface area contributed by atoms with Gasteiger partial charge in [0.1, 0.15) is 0 Å². The maximum atomic E-state index is 5.87. The fourth-order valence-electron chi connectivity index (χ4n) is 2.06. The normalized spacial score (nSPS) is 12.4. The van der Waals surface area contributed by atoms with Gasteiger partial charge in [0, 0.05) is 17.6 Å². The zero-order valence-corrected chi connectivity index (χ0v) is 11.5. The summed E-state index contributed by atoms with van der Waals surface area (Å²) in [6, 6.07) is 16.8. The van der Waals surface area contributed by atoms with Crippen LogP contribution in [0, 0.1) is 6.92 Å². The Labute approximate surface area is 114 Å². The number of halogens is 1. The summed E-state index contributed by atoms with van der Waals surface area (Å²) in [5, 5.41) is 4.32. The highest BCUT2D eigenvalue weighted by Gasteiger charge is 2.06. The van der Waals surface area contributed by atoms with Gasteiger partial charge in [-0.05, 0) is 42.7 Å². The lowest BCUT2D eigenvalue weighted by molar-refractivity contribution is 0.572. The second-order valence-electron chi connectivity index (χ2n) is 4.59. The van der Waals surface area contributed by atoms with E-state index in [2.05, 4.69) is 55.6 Å². The molecule has 2 rings (SSSR count). The van der Waals surface area contributed by atoms with Gasteiger partial charge in [0.25, 0.3) is 0 Å². The Hall–Kier alpha value is -1.31. The molecule has 0 aliphatic heterocycles. The van der Waals surface area contributed by atoms with Crippen LogP contribution in [0.3, 0.4) is 0 Å². The zero-order valence-electron chi connectivity index (χ0n) is 10.8. The van der Waals surface area contributed by atoms with E-state index in [9.17, 15) is 0 Å². The standard InChI is InChI=1S/C16H18ClN/c1-12-5-3-4-6-16(12)13(2)18-11-14-7-9-15(17)10-8-14/h3-10,13,18H,11H2,1-2H3/t13-/m1/s1. The lowest BCUT2D eigenvalue weighted by Crippen LogP contribution is -2.18. The van der Waals surface area contributed by atoms with Crippen LogP contribution >= 0.6 is 11.6 Å². The molecule has 0 aliphatic carbocycles. The maximum Gasteiger partial charge on any atom is 0.0406 e. The van der Waals surface area contributed by atoms with Crippen LogP contribution in [0.5, 0.6) is 0 Å². The van der Waals surface area contributed by atoms with Gasteiger partial charge in [0.2, 0.25) is 0 Å². The van der Waals surface area contributed by atoms with Crippen molar-refractivity contribution in [2.75, 3.05) is 0 Å². The molecule has 0 aromatic heterocycles. The number of benzene rings is 2. The van der Waals surface area contributed by atoms with Crippen LogP contribution in [0.4, 0.5) is 0 Å². The summed E-state index contributed by atoms with van der Waals surface area (Å²) < 4.78 is 0. The summed E-state index contributed by atoms with van der Waals surface area (Å²) in [7, 11) is 0. The average molecular weight is 260 g/mol. The number of hydrogen-bond acceptors (Lipinski definition) is 1. The molecule has 1 nitrogen and oxygen atoms in total. The summed E-state index contributed by atoms with van der Waals surface area (Å²) in [5.74, 6) is 0. The number of rotatable bonds is 4. The quantitative estimate of drug-likeness (QED) is 0.853. The van der Waals surface area contributed by atoms with Crippen molar-refractivity contribution in [2.45, 2.75) is 26.4 Å². The number of aryl methyl sites for hydroxylation is 1. The Balaban J connectivity index is 1.98. The molecule has 94 valence electrons. The van der Waals surface area contributed by atoms with E-state index in [1.54, 1.807) is 0 Å². The van der Waals surface area contributed by atoms with Gasteiger partial charge in [-0.2, -0.15) is 0 Å². The van der Waals surface area contributed by atoms with Crippen molar-refractivity contribution >= 4 is 11.6 Å². The lowest BCUT2D eigenvalue weighted by atomic mass is 10.0. The lowest BCUT2D eigenvalue weighted by Gasteiger charge is -2.16. The molecule has 0 radical (unpaired) electrons. The van der Waals surface area contributed by atoms with E-state index in [1.807, 2.05) is 12.1 Å². The van der Waals surface area contributed by atoms with Gasteiger partial charge in [-0.15, -0.1) is 0 Å². The van der Waals surface area contributed by atoms with Gasteiger partial charge < -0.3 is 5.32 Å². The van der Waals surface area contributed by atoms with Crippen molar-refractivity contribution in [1.29, 1.82) is 0 Å². The summed E-state index contributed by atoms with van der Waals surface area (Å²) in [4.78, 5) is 0. The molecular formula is C16H18ClN. The third-order valence-electron chi connectivity index (χ3n) is 3.18. The van der Waals surface area contributed by atoms with Crippen LogP contribution in [0.1, 0.15) is 29.7 Å². The molecule has 0 spiro atoms. The molecule has 0 heterocycles. The minimum Gasteiger partial charge on any atom is -0.306 e. The van der Waals surface area contributed by atoms with Gasteiger partial charge in [0.15, 0.2) is 0 Å². The van der Waals surface area contributed by atoms with Crippen LogP contribution in [-0.2, 0) is 6.54 Å². The van der Waals surface area contributed by atoms with Crippen molar-refractivity contribution in [3.05, 3.63) is 70.2 Å². The van der Waals surface area contributed by atoms with Gasteiger partial charge in [-0.1, -0.05) is 48.0 Å². The Morgan fingerprint density at radius 3 is 2.39 bits per heavy atom. The van der Waals surface area contributed by atoms with E-state index in [-0.39, 0.29) is 0 Å². The highest BCUT2D eigenvalue weighted by Crippen LogP contribution is 2.17. The zero-order chi connectivity index (χ0) is 13.0. The molecule has 0 saturated heterocycles. The highest BCUT2D eigenvalue weighted by molar-refractivity contribution is 6.30. The van der Waals surface area contributed by atoms with Gasteiger partial charge in [0.05, 0.1) is 0 Å². The molecule has 0 aliphatic rings. The van der Waals surface area contributed by atoms with E-state index in [1.165, 1.54) is 16.7 Å². The van der Waals surface area contributed by atoms with Crippen LogP contribution in [0.25, 0.3) is 0 Å². The predicted molar refractivity (Wildman–Crippen MR) is 77.9 cm³/mol. The molecule has 1 N–H and O–H groups in total. The molecule has 0 amide bonds. The molecular weight excluding hydrogens is 242 g/mol.